The Morgan fingerprint density at radius 2 is 1.12 bits per heavy atom. The number of hydrogen-bond acceptors (Lipinski definition) is 8. The first kappa shape index (κ1) is 24.8. The molecule has 3 aromatic carbocycles. The molecule has 0 atom stereocenters. The van der Waals surface area contributed by atoms with Crippen LogP contribution in [0.3, 0.4) is 0 Å². The average Bonchev–Trinajstić information content (AvgIpc) is 3.75. The maximum Gasteiger partial charge on any atom is 0.197 e. The second kappa shape index (κ2) is 9.30. The molecule has 1 aliphatic carbocycles. The molecule has 0 radical (unpaired) electrons. The Morgan fingerprint density at radius 1 is 0.643 bits per heavy atom. The van der Waals surface area contributed by atoms with Crippen LogP contribution in [-0.4, -0.2) is 21.5 Å². The molecule has 6 aromatic rings. The lowest BCUT2D eigenvalue weighted by atomic mass is 10.0. The fourth-order valence-corrected chi connectivity index (χ4v) is 7.53. The van der Waals surface area contributed by atoms with Gasteiger partial charge >= 0.3 is 0 Å². The van der Waals surface area contributed by atoms with Crippen LogP contribution >= 0.6 is 22.7 Å². The summed E-state index contributed by atoms with van der Waals surface area (Å²) in [7, 11) is 0. The van der Waals surface area contributed by atoms with Crippen LogP contribution in [-0.2, 0) is 0 Å². The van der Waals surface area contributed by atoms with Crippen LogP contribution in [0.4, 0.5) is 21.6 Å². The summed E-state index contributed by atoms with van der Waals surface area (Å²) >= 11 is 3.23. The summed E-state index contributed by atoms with van der Waals surface area (Å²) in [5, 5.41) is 7.98. The predicted molar refractivity (Wildman–Crippen MR) is 171 cm³/mol. The number of nitrogens with zero attached hydrogens (tertiary/aromatic N) is 4. The van der Waals surface area contributed by atoms with Crippen molar-refractivity contribution in [2.24, 2.45) is 0 Å². The number of Topliss-reactive ketones (excluding diaryl/α,β-unsaturated/α-hetero) is 2. The van der Waals surface area contributed by atoms with E-state index >= 15 is 0 Å². The molecule has 0 unspecified atom stereocenters. The fourth-order valence-electron chi connectivity index (χ4n) is 5.65. The van der Waals surface area contributed by atoms with Gasteiger partial charge in [0.2, 0.25) is 0 Å². The molecule has 0 amide bonds. The molecule has 202 valence electrons. The number of thiophene rings is 2. The minimum absolute atomic E-state index is 0.153. The number of aromatic nitrogens is 2. The van der Waals surface area contributed by atoms with Gasteiger partial charge in [-0.15, -0.1) is 22.7 Å². The van der Waals surface area contributed by atoms with Crippen molar-refractivity contribution >= 4 is 77.7 Å². The van der Waals surface area contributed by atoms with Crippen molar-refractivity contribution in [3.05, 3.63) is 129 Å². The molecule has 0 saturated heterocycles. The molecule has 8 heteroatoms. The molecule has 1 aliphatic heterocycles. The van der Waals surface area contributed by atoms with Crippen molar-refractivity contribution < 1.29 is 9.59 Å². The van der Waals surface area contributed by atoms with E-state index in [0.717, 1.165) is 48.8 Å². The van der Waals surface area contributed by atoms with Gasteiger partial charge in [-0.25, -0.2) is 9.97 Å². The molecule has 3 aromatic heterocycles. The molecule has 42 heavy (non-hydrogen) atoms. The molecule has 4 heterocycles. The van der Waals surface area contributed by atoms with Crippen molar-refractivity contribution in [1.82, 2.24) is 9.97 Å². The Bertz CT molecular complexity index is 2040. The number of hydrogen-bond donors (Lipinski definition) is 0. The Labute approximate surface area is 249 Å². The maximum atomic E-state index is 13.6. The Morgan fingerprint density at radius 3 is 1.57 bits per heavy atom. The molecular weight excluding hydrogens is 561 g/mol. The maximum absolute atomic E-state index is 13.6. The largest absolute Gasteiger partial charge is 0.288 e. The van der Waals surface area contributed by atoms with E-state index in [2.05, 4.69) is 46.5 Å². The molecular formula is C34H22N4O2S2. The summed E-state index contributed by atoms with van der Waals surface area (Å²) in [5.74, 6) is 1.65. The minimum Gasteiger partial charge on any atom is -0.288 e. The van der Waals surface area contributed by atoms with Gasteiger partial charge in [0.05, 0.1) is 16.6 Å². The van der Waals surface area contributed by atoms with E-state index in [4.69, 9.17) is 9.97 Å². The highest BCUT2D eigenvalue weighted by atomic mass is 32.1. The molecule has 0 bridgehead atoms. The molecule has 0 saturated carbocycles. The number of carbonyl (C=O) groups is 2. The number of ketones is 2. The second-order valence-electron chi connectivity index (χ2n) is 10.4. The van der Waals surface area contributed by atoms with Crippen molar-refractivity contribution in [2.45, 2.75) is 13.8 Å². The third kappa shape index (κ3) is 3.62. The van der Waals surface area contributed by atoms with Gasteiger partial charge in [-0.3, -0.25) is 19.4 Å². The zero-order valence-electron chi connectivity index (χ0n) is 22.7. The number of allylic oxidation sites excluding steroid dienone is 3. The Hall–Kier alpha value is -4.92. The first-order valence-electron chi connectivity index (χ1n) is 13.5. The van der Waals surface area contributed by atoms with E-state index in [9.17, 15) is 9.59 Å². The highest BCUT2D eigenvalue weighted by molar-refractivity contribution is 7.15. The van der Waals surface area contributed by atoms with Gasteiger partial charge in [0.15, 0.2) is 23.2 Å². The molecule has 0 N–H and O–H groups in total. The van der Waals surface area contributed by atoms with Gasteiger partial charge < -0.3 is 0 Å². The van der Waals surface area contributed by atoms with Crippen LogP contribution in [0, 0.1) is 13.8 Å². The molecule has 0 spiro atoms. The average molecular weight is 583 g/mol. The fraction of sp³-hybridized carbons (Fsp3) is 0.0588. The lowest BCUT2D eigenvalue weighted by molar-refractivity contribution is 0.0989. The van der Waals surface area contributed by atoms with Crippen molar-refractivity contribution in [3.8, 4) is 0 Å². The number of fused-ring (bicyclic) bond motifs is 4. The van der Waals surface area contributed by atoms with E-state index in [1.165, 1.54) is 0 Å². The van der Waals surface area contributed by atoms with Crippen LogP contribution in [0.5, 0.6) is 0 Å². The SMILES string of the molecule is Cc1ccsc1N1C(=CC=C2C(=O)c3cc4ccccc4cc3C2=O)N(c2sccc2C)c2nc3ccccc3nc21. The molecule has 6 nitrogen and oxygen atoms in total. The highest BCUT2D eigenvalue weighted by Crippen LogP contribution is 2.52. The first-order chi connectivity index (χ1) is 20.5. The van der Waals surface area contributed by atoms with Gasteiger partial charge in [0.25, 0.3) is 0 Å². The smallest absolute Gasteiger partial charge is 0.197 e. The number of para-hydroxylation sites is 2. The predicted octanol–water partition coefficient (Wildman–Crippen LogP) is 8.66. The topological polar surface area (TPSA) is 66.4 Å². The summed E-state index contributed by atoms with van der Waals surface area (Å²) in [5.41, 5.74) is 4.82. The minimum atomic E-state index is -0.257. The summed E-state index contributed by atoms with van der Waals surface area (Å²) in [6, 6.07) is 23.4. The van der Waals surface area contributed by atoms with Crippen LogP contribution in [0.2, 0.25) is 0 Å². The van der Waals surface area contributed by atoms with E-state index < -0.39 is 0 Å². The first-order valence-corrected chi connectivity index (χ1v) is 15.2. The molecule has 0 fully saturated rings. The molecule has 2 aliphatic rings. The van der Waals surface area contributed by atoms with Crippen molar-refractivity contribution in [1.29, 1.82) is 0 Å². The number of anilines is 4. The van der Waals surface area contributed by atoms with Gasteiger partial charge in [0, 0.05) is 11.1 Å². The number of rotatable bonds is 3. The van der Waals surface area contributed by atoms with E-state index in [-0.39, 0.29) is 17.1 Å². The van der Waals surface area contributed by atoms with Crippen LogP contribution in [0.1, 0.15) is 31.8 Å². The van der Waals surface area contributed by atoms with Gasteiger partial charge in [-0.2, -0.15) is 0 Å². The van der Waals surface area contributed by atoms with E-state index in [0.29, 0.717) is 22.8 Å². The molecule has 8 rings (SSSR count). The monoisotopic (exact) mass is 582 g/mol. The van der Waals surface area contributed by atoms with Crippen LogP contribution in [0.25, 0.3) is 21.8 Å². The van der Waals surface area contributed by atoms with Crippen LogP contribution < -0.4 is 9.80 Å². The van der Waals surface area contributed by atoms with Gasteiger partial charge in [0.1, 0.15) is 15.8 Å². The zero-order chi connectivity index (χ0) is 28.5. The van der Waals surface area contributed by atoms with E-state index in [1.807, 2.05) is 66.7 Å². The van der Waals surface area contributed by atoms with E-state index in [1.54, 1.807) is 28.7 Å². The second-order valence-corrected chi connectivity index (χ2v) is 12.1. The van der Waals surface area contributed by atoms with Crippen molar-refractivity contribution in [3.63, 3.8) is 0 Å². The third-order valence-electron chi connectivity index (χ3n) is 7.76. The quantitative estimate of drug-likeness (QED) is 0.154. The van der Waals surface area contributed by atoms with Crippen LogP contribution in [0.15, 0.2) is 107 Å². The van der Waals surface area contributed by atoms with Gasteiger partial charge in [-0.05, 0) is 95.1 Å². The Balaban J connectivity index is 1.35. The zero-order valence-corrected chi connectivity index (χ0v) is 24.3. The summed E-state index contributed by atoms with van der Waals surface area (Å²) in [4.78, 5) is 41.5. The lowest BCUT2D eigenvalue weighted by Crippen LogP contribution is -2.21. The third-order valence-corrected chi connectivity index (χ3v) is 9.76. The van der Waals surface area contributed by atoms with Crippen molar-refractivity contribution in [2.75, 3.05) is 9.80 Å². The Kier molecular flexibility index (Phi) is 5.50. The number of carbonyl (C=O) groups excluding carboxylic acids is 2. The lowest BCUT2D eigenvalue weighted by Gasteiger charge is -2.23. The summed E-state index contributed by atoms with van der Waals surface area (Å²) in [6.07, 6.45) is 3.53. The standard InChI is InChI=1S/C34H22N4O2S2/c1-19-13-15-41-33(19)37-28(12-11-23-29(39)24-17-21-7-3-4-8-22(21)18-25(24)30(23)40)38(34-20(2)14-16-42-34)32-31(37)35-26-9-5-6-10-27(26)36-32/h3-18H,1-2H3. The number of benzene rings is 3. The number of aryl methyl sites for hydroxylation is 2. The summed E-state index contributed by atoms with van der Waals surface area (Å²) < 4.78 is 0. The van der Waals surface area contributed by atoms with Gasteiger partial charge in [-0.1, -0.05) is 36.4 Å². The summed E-state index contributed by atoms with van der Waals surface area (Å²) in [6.45, 7) is 4.14. The normalized spacial score (nSPS) is 14.3. The highest BCUT2D eigenvalue weighted by Gasteiger charge is 2.39.